The molecule has 2 heterocycles. The third-order valence-corrected chi connectivity index (χ3v) is 2.87. The van der Waals surface area contributed by atoms with E-state index in [1.165, 1.54) is 0 Å². The Kier molecular flexibility index (Phi) is 2.61. The molecule has 0 aliphatic rings. The van der Waals surface area contributed by atoms with Crippen LogP contribution in [-0.2, 0) is 0 Å². The van der Waals surface area contributed by atoms with Crippen LogP contribution in [0.1, 0.15) is 0 Å². The van der Waals surface area contributed by atoms with Crippen molar-refractivity contribution in [3.8, 4) is 11.1 Å². The van der Waals surface area contributed by atoms with Crippen LogP contribution < -0.4 is 5.32 Å². The molecule has 0 spiro atoms. The number of rotatable bonds is 2. The average Bonchev–Trinajstić information content (AvgIpc) is 2.47. The number of pyridine rings is 1. The number of anilines is 1. The summed E-state index contributed by atoms with van der Waals surface area (Å²) < 4.78 is 0. The van der Waals surface area contributed by atoms with Gasteiger partial charge < -0.3 is 5.32 Å². The molecular weight excluding hydrogens is 224 g/mol. The summed E-state index contributed by atoms with van der Waals surface area (Å²) in [6.45, 7) is 0. The van der Waals surface area contributed by atoms with E-state index in [-0.39, 0.29) is 0 Å². The molecule has 3 rings (SSSR count). The minimum Gasteiger partial charge on any atom is -0.373 e. The minimum atomic E-state index is 0.833. The maximum Gasteiger partial charge on any atom is 0.137 e. The predicted octanol–water partition coefficient (Wildman–Crippen LogP) is 2.73. The number of hydrogen-bond donors (Lipinski definition) is 1. The molecular formula is C14H12N4. The molecule has 0 atom stereocenters. The van der Waals surface area contributed by atoms with Crippen molar-refractivity contribution in [2.24, 2.45) is 0 Å². The molecule has 0 aliphatic carbocycles. The number of nitrogens with one attached hydrogen (secondary N) is 1. The average molecular weight is 236 g/mol. The monoisotopic (exact) mass is 236 g/mol. The minimum absolute atomic E-state index is 0.833. The van der Waals surface area contributed by atoms with Crippen molar-refractivity contribution in [1.82, 2.24) is 15.0 Å². The first-order valence-electron chi connectivity index (χ1n) is 5.72. The summed E-state index contributed by atoms with van der Waals surface area (Å²) in [6, 6.07) is 10.0. The van der Waals surface area contributed by atoms with Gasteiger partial charge in [-0.3, -0.25) is 4.98 Å². The lowest BCUT2D eigenvalue weighted by molar-refractivity contribution is 1.21. The lowest BCUT2D eigenvalue weighted by Crippen LogP contribution is -1.96. The van der Waals surface area contributed by atoms with Crippen LogP contribution in [0.15, 0.2) is 49.1 Å². The predicted molar refractivity (Wildman–Crippen MR) is 72.3 cm³/mol. The van der Waals surface area contributed by atoms with Gasteiger partial charge in [0, 0.05) is 25.0 Å². The summed E-state index contributed by atoms with van der Waals surface area (Å²) in [5.74, 6) is 0.833. The van der Waals surface area contributed by atoms with Crippen LogP contribution in [0.4, 0.5) is 5.82 Å². The molecule has 1 aromatic carbocycles. The van der Waals surface area contributed by atoms with E-state index in [0.29, 0.717) is 0 Å². The van der Waals surface area contributed by atoms with E-state index >= 15 is 0 Å². The largest absolute Gasteiger partial charge is 0.373 e. The third kappa shape index (κ3) is 1.68. The van der Waals surface area contributed by atoms with Crippen molar-refractivity contribution in [3.63, 3.8) is 0 Å². The molecule has 0 bridgehead atoms. The smallest absolute Gasteiger partial charge is 0.137 e. The summed E-state index contributed by atoms with van der Waals surface area (Å²) in [5.41, 5.74) is 3.08. The second-order valence-electron chi connectivity index (χ2n) is 3.91. The molecule has 0 radical (unpaired) electrons. The normalized spacial score (nSPS) is 10.5. The number of benzene rings is 1. The van der Waals surface area contributed by atoms with Gasteiger partial charge in [0.05, 0.1) is 10.9 Å². The SMILES string of the molecule is CNc1ncnc2cccc(-c3cccnc3)c12. The highest BCUT2D eigenvalue weighted by molar-refractivity contribution is 6.01. The van der Waals surface area contributed by atoms with Gasteiger partial charge in [-0.05, 0) is 17.7 Å². The molecule has 0 amide bonds. The van der Waals surface area contributed by atoms with E-state index < -0.39 is 0 Å². The second kappa shape index (κ2) is 4.41. The maximum absolute atomic E-state index is 4.30. The quantitative estimate of drug-likeness (QED) is 0.743. The number of fused-ring (bicyclic) bond motifs is 1. The van der Waals surface area contributed by atoms with Crippen molar-refractivity contribution >= 4 is 16.7 Å². The third-order valence-electron chi connectivity index (χ3n) is 2.87. The van der Waals surface area contributed by atoms with Gasteiger partial charge in [0.25, 0.3) is 0 Å². The number of aromatic nitrogens is 3. The Morgan fingerprint density at radius 3 is 2.78 bits per heavy atom. The molecule has 0 fully saturated rings. The van der Waals surface area contributed by atoms with Gasteiger partial charge in [-0.25, -0.2) is 9.97 Å². The summed E-state index contributed by atoms with van der Waals surface area (Å²) in [7, 11) is 1.86. The Bertz CT molecular complexity index is 674. The molecule has 0 aliphatic heterocycles. The summed E-state index contributed by atoms with van der Waals surface area (Å²) in [5, 5.41) is 4.13. The fourth-order valence-corrected chi connectivity index (χ4v) is 2.06. The van der Waals surface area contributed by atoms with Gasteiger partial charge >= 0.3 is 0 Å². The maximum atomic E-state index is 4.30. The molecule has 2 aromatic heterocycles. The molecule has 4 nitrogen and oxygen atoms in total. The van der Waals surface area contributed by atoms with Crippen molar-refractivity contribution in [2.75, 3.05) is 12.4 Å². The fourth-order valence-electron chi connectivity index (χ4n) is 2.06. The zero-order chi connectivity index (χ0) is 12.4. The highest BCUT2D eigenvalue weighted by Crippen LogP contribution is 2.30. The van der Waals surface area contributed by atoms with Crippen molar-refractivity contribution in [1.29, 1.82) is 0 Å². The molecule has 1 N–H and O–H groups in total. The lowest BCUT2D eigenvalue weighted by atomic mass is 10.0. The molecule has 0 saturated carbocycles. The first-order valence-corrected chi connectivity index (χ1v) is 5.72. The van der Waals surface area contributed by atoms with E-state index in [9.17, 15) is 0 Å². The number of nitrogens with zero attached hydrogens (tertiary/aromatic N) is 3. The van der Waals surface area contributed by atoms with Gasteiger partial charge in [-0.2, -0.15) is 0 Å². The molecule has 0 saturated heterocycles. The zero-order valence-electron chi connectivity index (χ0n) is 9.96. The Hall–Kier alpha value is -2.49. The van der Waals surface area contributed by atoms with E-state index in [1.807, 2.05) is 37.5 Å². The van der Waals surface area contributed by atoms with Crippen molar-refractivity contribution < 1.29 is 0 Å². The Labute approximate surface area is 105 Å². The molecule has 4 heteroatoms. The number of hydrogen-bond acceptors (Lipinski definition) is 4. The van der Waals surface area contributed by atoms with Crippen LogP contribution in [0, 0.1) is 0 Å². The van der Waals surface area contributed by atoms with Crippen molar-refractivity contribution in [3.05, 3.63) is 49.1 Å². The van der Waals surface area contributed by atoms with Crippen LogP contribution in [0.3, 0.4) is 0 Å². The van der Waals surface area contributed by atoms with Gasteiger partial charge in [0.2, 0.25) is 0 Å². The van der Waals surface area contributed by atoms with Crippen molar-refractivity contribution in [2.45, 2.75) is 0 Å². The fraction of sp³-hybridized carbons (Fsp3) is 0.0714. The summed E-state index contributed by atoms with van der Waals surface area (Å²) in [4.78, 5) is 12.7. The second-order valence-corrected chi connectivity index (χ2v) is 3.91. The Balaban J connectivity index is 2.36. The van der Waals surface area contributed by atoms with Gasteiger partial charge in [-0.15, -0.1) is 0 Å². The van der Waals surface area contributed by atoms with E-state index in [2.05, 4.69) is 26.3 Å². The molecule has 3 aromatic rings. The van der Waals surface area contributed by atoms with E-state index in [1.54, 1.807) is 12.5 Å². The highest BCUT2D eigenvalue weighted by atomic mass is 15.0. The molecule has 18 heavy (non-hydrogen) atoms. The first kappa shape index (κ1) is 10.7. The van der Waals surface area contributed by atoms with Crippen LogP contribution in [-0.4, -0.2) is 22.0 Å². The van der Waals surface area contributed by atoms with E-state index in [4.69, 9.17) is 0 Å². The standard InChI is InChI=1S/C14H12N4/c1-15-14-13-11(10-4-3-7-16-8-10)5-2-6-12(13)17-9-18-14/h2-9H,1H3,(H,15,17,18). The lowest BCUT2D eigenvalue weighted by Gasteiger charge is -2.09. The van der Waals surface area contributed by atoms with Crippen LogP contribution >= 0.6 is 0 Å². The Morgan fingerprint density at radius 2 is 2.00 bits per heavy atom. The summed E-state index contributed by atoms with van der Waals surface area (Å²) in [6.07, 6.45) is 5.19. The van der Waals surface area contributed by atoms with Gasteiger partial charge in [0.15, 0.2) is 0 Å². The topological polar surface area (TPSA) is 50.7 Å². The Morgan fingerprint density at radius 1 is 1.06 bits per heavy atom. The highest BCUT2D eigenvalue weighted by Gasteiger charge is 2.09. The summed E-state index contributed by atoms with van der Waals surface area (Å²) >= 11 is 0. The molecule has 0 unspecified atom stereocenters. The van der Waals surface area contributed by atoms with Crippen LogP contribution in [0.25, 0.3) is 22.0 Å². The van der Waals surface area contributed by atoms with Gasteiger partial charge in [0.1, 0.15) is 12.1 Å². The van der Waals surface area contributed by atoms with Crippen LogP contribution in [0.2, 0.25) is 0 Å². The first-order chi connectivity index (χ1) is 8.90. The van der Waals surface area contributed by atoms with Gasteiger partial charge in [-0.1, -0.05) is 18.2 Å². The molecule has 88 valence electrons. The zero-order valence-corrected chi connectivity index (χ0v) is 9.96. The van der Waals surface area contributed by atoms with Crippen LogP contribution in [0.5, 0.6) is 0 Å². The van der Waals surface area contributed by atoms with E-state index in [0.717, 1.165) is 27.8 Å².